The van der Waals surface area contributed by atoms with Crippen molar-refractivity contribution < 1.29 is 4.79 Å². The monoisotopic (exact) mass is 349 g/mol. The first-order valence-corrected chi connectivity index (χ1v) is 8.01. The van der Waals surface area contributed by atoms with Gasteiger partial charge in [0.25, 0.3) is 0 Å². The van der Waals surface area contributed by atoms with Crippen molar-refractivity contribution in [2.75, 3.05) is 0 Å². The smallest absolute Gasteiger partial charge is 0.244 e. The van der Waals surface area contributed by atoms with Crippen LogP contribution in [0.3, 0.4) is 0 Å². The Labute approximate surface area is 131 Å². The summed E-state index contributed by atoms with van der Waals surface area (Å²) in [5.74, 6) is -0.0757. The fourth-order valence-electron chi connectivity index (χ4n) is 1.80. The zero-order chi connectivity index (χ0) is 14.5. The van der Waals surface area contributed by atoms with Crippen molar-refractivity contribution in [3.63, 3.8) is 0 Å². The Morgan fingerprint density at radius 2 is 2.00 bits per heavy atom. The molecular weight excluding hydrogens is 334 g/mol. The summed E-state index contributed by atoms with van der Waals surface area (Å²) in [6, 6.07) is 9.99. The molecule has 0 fully saturated rings. The van der Waals surface area contributed by atoms with Crippen LogP contribution in [-0.4, -0.2) is 5.91 Å². The molecule has 1 amide bonds. The number of rotatable bonds is 4. The molecule has 1 aromatic carbocycles. The van der Waals surface area contributed by atoms with E-state index in [1.165, 1.54) is 5.56 Å². The lowest BCUT2D eigenvalue weighted by Gasteiger charge is -2.12. The van der Waals surface area contributed by atoms with Gasteiger partial charge >= 0.3 is 0 Å². The van der Waals surface area contributed by atoms with Crippen LogP contribution in [0.4, 0.5) is 0 Å². The number of benzene rings is 1. The van der Waals surface area contributed by atoms with Crippen molar-refractivity contribution in [1.29, 1.82) is 0 Å². The second kappa shape index (κ2) is 6.86. The van der Waals surface area contributed by atoms with Crippen LogP contribution in [0.1, 0.15) is 29.0 Å². The van der Waals surface area contributed by atoms with Crippen LogP contribution in [-0.2, 0) is 4.79 Å². The molecule has 1 N–H and O–H groups in total. The van der Waals surface area contributed by atoms with Crippen molar-refractivity contribution in [2.45, 2.75) is 19.9 Å². The number of hydrogen-bond donors (Lipinski definition) is 1. The second-order valence-electron chi connectivity index (χ2n) is 4.58. The van der Waals surface area contributed by atoms with Crippen LogP contribution in [0.2, 0.25) is 0 Å². The van der Waals surface area contributed by atoms with Gasteiger partial charge in [-0.05, 0) is 54.6 Å². The predicted molar refractivity (Wildman–Crippen MR) is 88.8 cm³/mol. The van der Waals surface area contributed by atoms with Crippen LogP contribution in [0.5, 0.6) is 0 Å². The minimum absolute atomic E-state index is 0.00955. The fourth-order valence-corrected chi connectivity index (χ4v) is 2.89. The number of thiophene rings is 1. The number of aryl methyl sites for hydroxylation is 1. The van der Waals surface area contributed by atoms with Gasteiger partial charge in [-0.3, -0.25) is 4.79 Å². The van der Waals surface area contributed by atoms with E-state index in [-0.39, 0.29) is 11.9 Å². The third-order valence-corrected chi connectivity index (χ3v) is 4.53. The highest BCUT2D eigenvalue weighted by Crippen LogP contribution is 2.18. The third kappa shape index (κ3) is 4.05. The van der Waals surface area contributed by atoms with E-state index < -0.39 is 0 Å². The number of nitrogens with one attached hydrogen (secondary N) is 1. The molecule has 0 radical (unpaired) electrons. The first kappa shape index (κ1) is 15.0. The number of carbonyl (C=O) groups is 1. The molecule has 2 rings (SSSR count). The molecule has 0 aliphatic rings. The van der Waals surface area contributed by atoms with Gasteiger partial charge in [0, 0.05) is 15.4 Å². The SMILES string of the molecule is Cc1ccsc1/C=C/C(=O)N[C@H](C)c1ccc(Br)cc1. The summed E-state index contributed by atoms with van der Waals surface area (Å²) in [5, 5.41) is 4.99. The molecule has 4 heteroatoms. The topological polar surface area (TPSA) is 29.1 Å². The maximum absolute atomic E-state index is 11.9. The summed E-state index contributed by atoms with van der Waals surface area (Å²) in [7, 11) is 0. The van der Waals surface area contributed by atoms with Gasteiger partial charge in [0.2, 0.25) is 5.91 Å². The average molecular weight is 350 g/mol. The normalized spacial score (nSPS) is 12.6. The van der Waals surface area contributed by atoms with Crippen molar-refractivity contribution in [3.8, 4) is 0 Å². The zero-order valence-corrected chi connectivity index (χ0v) is 13.8. The standard InChI is InChI=1S/C16H16BrNOS/c1-11-9-10-20-15(11)7-8-16(19)18-12(2)13-3-5-14(17)6-4-13/h3-10,12H,1-2H3,(H,18,19)/b8-7+/t12-/m1/s1. The molecule has 2 aromatic rings. The summed E-state index contributed by atoms with van der Waals surface area (Å²) in [6.45, 7) is 4.02. The Hall–Kier alpha value is -1.39. The van der Waals surface area contributed by atoms with E-state index in [1.807, 2.05) is 55.6 Å². The quantitative estimate of drug-likeness (QED) is 0.795. The van der Waals surface area contributed by atoms with E-state index in [2.05, 4.69) is 21.2 Å². The van der Waals surface area contributed by atoms with Gasteiger partial charge in [-0.25, -0.2) is 0 Å². The predicted octanol–water partition coefficient (Wildman–Crippen LogP) is 4.71. The lowest BCUT2D eigenvalue weighted by molar-refractivity contribution is -0.117. The maximum atomic E-state index is 11.9. The summed E-state index contributed by atoms with van der Waals surface area (Å²) in [4.78, 5) is 13.0. The summed E-state index contributed by atoms with van der Waals surface area (Å²) in [6.07, 6.45) is 3.46. The molecule has 1 atom stereocenters. The highest BCUT2D eigenvalue weighted by Gasteiger charge is 2.07. The molecule has 0 saturated heterocycles. The third-order valence-electron chi connectivity index (χ3n) is 3.02. The molecule has 104 valence electrons. The van der Waals surface area contributed by atoms with Crippen LogP contribution in [0.15, 0.2) is 46.3 Å². The Bertz CT molecular complexity index is 616. The molecule has 0 saturated carbocycles. The lowest BCUT2D eigenvalue weighted by Crippen LogP contribution is -2.24. The van der Waals surface area contributed by atoms with Gasteiger partial charge in [-0.15, -0.1) is 11.3 Å². The van der Waals surface area contributed by atoms with Crippen molar-refractivity contribution in [3.05, 3.63) is 62.3 Å². The molecular formula is C16H16BrNOS. The highest BCUT2D eigenvalue weighted by atomic mass is 79.9. The molecule has 0 spiro atoms. The first-order chi connectivity index (χ1) is 9.56. The van der Waals surface area contributed by atoms with Gasteiger partial charge < -0.3 is 5.32 Å². The Balaban J connectivity index is 1.96. The van der Waals surface area contributed by atoms with E-state index in [4.69, 9.17) is 0 Å². The van der Waals surface area contributed by atoms with Crippen LogP contribution < -0.4 is 5.32 Å². The van der Waals surface area contributed by atoms with E-state index >= 15 is 0 Å². The van der Waals surface area contributed by atoms with Gasteiger partial charge in [0.05, 0.1) is 6.04 Å². The minimum atomic E-state index is -0.0757. The largest absolute Gasteiger partial charge is 0.346 e. The highest BCUT2D eigenvalue weighted by molar-refractivity contribution is 9.10. The number of halogens is 1. The molecule has 1 heterocycles. The van der Waals surface area contributed by atoms with Gasteiger partial charge in [0.15, 0.2) is 0 Å². The average Bonchev–Trinajstić information content (AvgIpc) is 2.82. The van der Waals surface area contributed by atoms with Gasteiger partial charge in [0.1, 0.15) is 0 Å². The number of hydrogen-bond acceptors (Lipinski definition) is 2. The maximum Gasteiger partial charge on any atom is 0.244 e. The molecule has 0 unspecified atom stereocenters. The van der Waals surface area contributed by atoms with Crippen LogP contribution in [0, 0.1) is 6.92 Å². The molecule has 20 heavy (non-hydrogen) atoms. The van der Waals surface area contributed by atoms with Gasteiger partial charge in [-0.2, -0.15) is 0 Å². The zero-order valence-electron chi connectivity index (χ0n) is 11.4. The fraction of sp³-hybridized carbons (Fsp3) is 0.188. The Kier molecular flexibility index (Phi) is 5.15. The van der Waals surface area contributed by atoms with E-state index in [0.717, 1.165) is 14.9 Å². The second-order valence-corrected chi connectivity index (χ2v) is 6.45. The van der Waals surface area contributed by atoms with Crippen molar-refractivity contribution in [1.82, 2.24) is 5.32 Å². The summed E-state index contributed by atoms with van der Waals surface area (Å²) in [5.41, 5.74) is 2.28. The van der Waals surface area contributed by atoms with Crippen LogP contribution >= 0.6 is 27.3 Å². The molecule has 0 aliphatic carbocycles. The molecule has 2 nitrogen and oxygen atoms in total. The lowest BCUT2D eigenvalue weighted by atomic mass is 10.1. The van der Waals surface area contributed by atoms with E-state index in [0.29, 0.717) is 0 Å². The molecule has 0 bridgehead atoms. The van der Waals surface area contributed by atoms with Crippen molar-refractivity contribution in [2.24, 2.45) is 0 Å². The minimum Gasteiger partial charge on any atom is -0.346 e. The van der Waals surface area contributed by atoms with E-state index in [9.17, 15) is 4.79 Å². The molecule has 1 aromatic heterocycles. The molecule has 0 aliphatic heterocycles. The Morgan fingerprint density at radius 3 is 2.60 bits per heavy atom. The Morgan fingerprint density at radius 1 is 1.30 bits per heavy atom. The number of amides is 1. The summed E-state index contributed by atoms with van der Waals surface area (Å²) >= 11 is 5.04. The van der Waals surface area contributed by atoms with Gasteiger partial charge in [-0.1, -0.05) is 28.1 Å². The number of carbonyl (C=O) groups excluding carboxylic acids is 1. The van der Waals surface area contributed by atoms with Crippen LogP contribution in [0.25, 0.3) is 6.08 Å². The first-order valence-electron chi connectivity index (χ1n) is 6.34. The van der Waals surface area contributed by atoms with Crippen molar-refractivity contribution >= 4 is 39.2 Å². The summed E-state index contributed by atoms with van der Waals surface area (Å²) < 4.78 is 1.04. The van der Waals surface area contributed by atoms with E-state index in [1.54, 1.807) is 17.4 Å².